The Morgan fingerprint density at radius 1 is 0.952 bits per heavy atom. The molecule has 1 aromatic heterocycles. The van der Waals surface area contributed by atoms with Gasteiger partial charge in [-0.05, 0) is 86.1 Å². The minimum atomic E-state index is -0.188. The fourth-order valence-electron chi connectivity index (χ4n) is 6.03. The average molecular weight is 565 g/mol. The van der Waals surface area contributed by atoms with Crippen molar-refractivity contribution >= 4 is 34.3 Å². The number of benzene rings is 3. The standard InChI is InChI=1S/C36H40N2O4/c1-5-42-35(40)10-7-20-37-21-19-30-31(8-6-9-33(30)37)36(41)29-15-17-32-28(23-29)16-18-34(39)38(32)25(4)27-13-11-26(12-14-27)22-24(2)3/h6,8-9,11-15,17,19,21,23-25H,5,7,10,16,18,20,22H2,1-4H3. The van der Waals surface area contributed by atoms with Gasteiger partial charge in [-0.15, -0.1) is 0 Å². The Balaban J connectivity index is 1.37. The Hall–Kier alpha value is -4.19. The van der Waals surface area contributed by atoms with E-state index in [-0.39, 0.29) is 23.7 Å². The second-order valence-corrected chi connectivity index (χ2v) is 11.6. The fraction of sp³-hybridized carbons (Fsp3) is 0.361. The van der Waals surface area contributed by atoms with Crippen molar-refractivity contribution in [1.82, 2.24) is 4.57 Å². The summed E-state index contributed by atoms with van der Waals surface area (Å²) in [5.74, 6) is 0.473. The van der Waals surface area contributed by atoms with Gasteiger partial charge in [0.05, 0.1) is 12.6 Å². The van der Waals surface area contributed by atoms with Crippen molar-refractivity contribution in [2.75, 3.05) is 11.5 Å². The Kier molecular flexibility index (Phi) is 8.91. The minimum Gasteiger partial charge on any atom is -0.466 e. The lowest BCUT2D eigenvalue weighted by Crippen LogP contribution is -2.37. The highest BCUT2D eigenvalue weighted by Crippen LogP contribution is 2.36. The van der Waals surface area contributed by atoms with Crippen LogP contribution in [-0.4, -0.2) is 28.8 Å². The zero-order chi connectivity index (χ0) is 29.8. The molecule has 0 N–H and O–H groups in total. The van der Waals surface area contributed by atoms with Crippen molar-refractivity contribution < 1.29 is 19.1 Å². The second kappa shape index (κ2) is 12.8. The quantitative estimate of drug-likeness (QED) is 0.140. The molecule has 5 rings (SSSR count). The van der Waals surface area contributed by atoms with Crippen LogP contribution < -0.4 is 4.90 Å². The summed E-state index contributed by atoms with van der Waals surface area (Å²) in [4.78, 5) is 40.6. The van der Waals surface area contributed by atoms with Crippen LogP contribution in [0.2, 0.25) is 0 Å². The summed E-state index contributed by atoms with van der Waals surface area (Å²) < 4.78 is 7.12. The number of ether oxygens (including phenoxy) is 1. The van der Waals surface area contributed by atoms with E-state index in [0.29, 0.717) is 55.9 Å². The number of ketones is 1. The monoisotopic (exact) mass is 564 g/mol. The van der Waals surface area contributed by atoms with Gasteiger partial charge in [0.1, 0.15) is 0 Å². The molecule has 1 aliphatic rings. The maximum Gasteiger partial charge on any atom is 0.305 e. The zero-order valence-electron chi connectivity index (χ0n) is 25.1. The molecule has 0 spiro atoms. The van der Waals surface area contributed by atoms with Crippen molar-refractivity contribution in [3.05, 3.63) is 101 Å². The molecule has 1 unspecified atom stereocenters. The van der Waals surface area contributed by atoms with Gasteiger partial charge >= 0.3 is 5.97 Å². The van der Waals surface area contributed by atoms with Gasteiger partial charge in [0, 0.05) is 53.3 Å². The summed E-state index contributed by atoms with van der Waals surface area (Å²) >= 11 is 0. The summed E-state index contributed by atoms with van der Waals surface area (Å²) in [6, 6.07) is 22.0. The van der Waals surface area contributed by atoms with E-state index in [9.17, 15) is 14.4 Å². The largest absolute Gasteiger partial charge is 0.466 e. The maximum absolute atomic E-state index is 13.8. The lowest BCUT2D eigenvalue weighted by Gasteiger charge is -2.35. The number of hydrogen-bond donors (Lipinski definition) is 0. The van der Waals surface area contributed by atoms with Crippen LogP contribution in [0.25, 0.3) is 10.9 Å². The van der Waals surface area contributed by atoms with Gasteiger partial charge in [0.15, 0.2) is 5.78 Å². The number of amides is 1. The Labute approximate surface area is 248 Å². The summed E-state index contributed by atoms with van der Waals surface area (Å²) in [5, 5.41) is 0.891. The molecule has 6 heteroatoms. The van der Waals surface area contributed by atoms with Crippen LogP contribution in [0.4, 0.5) is 5.69 Å². The molecule has 1 atom stereocenters. The van der Waals surface area contributed by atoms with Crippen LogP contribution in [0, 0.1) is 5.92 Å². The third-order valence-corrected chi connectivity index (χ3v) is 8.12. The molecule has 0 saturated heterocycles. The van der Waals surface area contributed by atoms with Crippen molar-refractivity contribution in [2.45, 2.75) is 72.4 Å². The summed E-state index contributed by atoms with van der Waals surface area (Å²) in [7, 11) is 0. The van der Waals surface area contributed by atoms with Crippen LogP contribution in [-0.2, 0) is 33.7 Å². The highest BCUT2D eigenvalue weighted by atomic mass is 16.5. The van der Waals surface area contributed by atoms with Crippen LogP contribution in [0.1, 0.15) is 85.6 Å². The van der Waals surface area contributed by atoms with E-state index < -0.39 is 0 Å². The molecule has 4 aromatic rings. The number of nitrogens with zero attached hydrogens (tertiary/aromatic N) is 2. The third-order valence-electron chi connectivity index (χ3n) is 8.12. The second-order valence-electron chi connectivity index (χ2n) is 11.6. The first-order valence-electron chi connectivity index (χ1n) is 15.1. The van der Waals surface area contributed by atoms with E-state index in [1.807, 2.05) is 60.5 Å². The number of rotatable bonds is 11. The molecule has 218 valence electrons. The Morgan fingerprint density at radius 2 is 1.74 bits per heavy atom. The summed E-state index contributed by atoms with van der Waals surface area (Å²) in [6.07, 6.45) is 5.08. The number of aryl methyl sites for hydroxylation is 2. The molecular formula is C36H40N2O4. The SMILES string of the molecule is CCOC(=O)CCCn1ccc2c(C(=O)c3ccc4c(c3)CCC(=O)N4C(C)c3ccc(CC(C)C)cc3)cccc21. The van der Waals surface area contributed by atoms with Crippen molar-refractivity contribution in [2.24, 2.45) is 5.92 Å². The Morgan fingerprint density at radius 3 is 2.48 bits per heavy atom. The third kappa shape index (κ3) is 6.18. The van der Waals surface area contributed by atoms with Crippen molar-refractivity contribution in [3.63, 3.8) is 0 Å². The summed E-state index contributed by atoms with van der Waals surface area (Å²) in [6.45, 7) is 9.36. The van der Waals surface area contributed by atoms with Gasteiger partial charge in [-0.3, -0.25) is 14.4 Å². The molecule has 0 saturated carbocycles. The smallest absolute Gasteiger partial charge is 0.305 e. The molecule has 42 heavy (non-hydrogen) atoms. The average Bonchev–Trinajstić information content (AvgIpc) is 3.39. The minimum absolute atomic E-state index is 0.0371. The van der Waals surface area contributed by atoms with Crippen molar-refractivity contribution in [3.8, 4) is 0 Å². The van der Waals surface area contributed by atoms with Crippen LogP contribution in [0.5, 0.6) is 0 Å². The van der Waals surface area contributed by atoms with Crippen LogP contribution >= 0.6 is 0 Å². The predicted molar refractivity (Wildman–Crippen MR) is 167 cm³/mol. The topological polar surface area (TPSA) is 68.6 Å². The first-order valence-corrected chi connectivity index (χ1v) is 15.1. The van der Waals surface area contributed by atoms with Gasteiger partial charge in [0.25, 0.3) is 0 Å². The number of anilines is 1. The highest BCUT2D eigenvalue weighted by Gasteiger charge is 2.30. The van der Waals surface area contributed by atoms with E-state index in [1.54, 1.807) is 0 Å². The normalized spacial score (nSPS) is 13.8. The van der Waals surface area contributed by atoms with Gasteiger partial charge in [0.2, 0.25) is 5.91 Å². The summed E-state index contributed by atoms with van der Waals surface area (Å²) in [5.41, 5.74) is 6.54. The fourth-order valence-corrected chi connectivity index (χ4v) is 6.03. The molecule has 0 fully saturated rings. The van der Waals surface area contributed by atoms with E-state index in [4.69, 9.17) is 4.74 Å². The first-order chi connectivity index (χ1) is 20.3. The van der Waals surface area contributed by atoms with E-state index >= 15 is 0 Å². The lowest BCUT2D eigenvalue weighted by molar-refractivity contribution is -0.143. The van der Waals surface area contributed by atoms with Gasteiger partial charge in [-0.25, -0.2) is 0 Å². The van der Waals surface area contributed by atoms with E-state index in [2.05, 4.69) is 49.6 Å². The molecule has 1 aliphatic heterocycles. The number of aromatic nitrogens is 1. The van der Waals surface area contributed by atoms with Gasteiger partial charge in [-0.2, -0.15) is 0 Å². The van der Waals surface area contributed by atoms with E-state index in [1.165, 1.54) is 5.56 Å². The van der Waals surface area contributed by atoms with Crippen molar-refractivity contribution in [1.29, 1.82) is 0 Å². The Bertz CT molecular complexity index is 1600. The number of esters is 1. The molecular weight excluding hydrogens is 524 g/mol. The number of carbonyl (C=O) groups is 3. The molecule has 0 aliphatic carbocycles. The van der Waals surface area contributed by atoms with Gasteiger partial charge in [-0.1, -0.05) is 50.2 Å². The lowest BCUT2D eigenvalue weighted by atomic mass is 9.92. The molecule has 6 nitrogen and oxygen atoms in total. The van der Waals surface area contributed by atoms with Crippen LogP contribution in [0.15, 0.2) is 72.9 Å². The maximum atomic E-state index is 13.8. The van der Waals surface area contributed by atoms with E-state index in [0.717, 1.165) is 34.1 Å². The number of hydrogen-bond acceptors (Lipinski definition) is 4. The molecule has 1 amide bonds. The number of carbonyl (C=O) groups excluding carboxylic acids is 3. The molecule has 0 radical (unpaired) electrons. The van der Waals surface area contributed by atoms with Gasteiger partial charge < -0.3 is 14.2 Å². The first kappa shape index (κ1) is 29.3. The van der Waals surface area contributed by atoms with Crippen LogP contribution in [0.3, 0.4) is 0 Å². The molecule has 2 heterocycles. The number of fused-ring (bicyclic) bond motifs is 2. The predicted octanol–water partition coefficient (Wildman–Crippen LogP) is 7.45. The molecule has 3 aromatic carbocycles. The highest BCUT2D eigenvalue weighted by molar-refractivity contribution is 6.16. The zero-order valence-corrected chi connectivity index (χ0v) is 25.1. The molecule has 0 bridgehead atoms.